The summed E-state index contributed by atoms with van der Waals surface area (Å²) in [6.07, 6.45) is 1.31. The Morgan fingerprint density at radius 2 is 1.85 bits per heavy atom. The third-order valence-electron chi connectivity index (χ3n) is 4.85. The van der Waals surface area contributed by atoms with Gasteiger partial charge in [0.2, 0.25) is 5.91 Å². The van der Waals surface area contributed by atoms with Crippen molar-refractivity contribution >= 4 is 29.0 Å². The van der Waals surface area contributed by atoms with Crippen LogP contribution in [0, 0.1) is 6.92 Å². The van der Waals surface area contributed by atoms with Crippen LogP contribution >= 0.6 is 11.6 Å². The topological polar surface area (TPSA) is 66.6 Å². The Labute approximate surface area is 162 Å². The summed E-state index contributed by atoms with van der Waals surface area (Å²) in [7, 11) is 0. The molecule has 1 saturated heterocycles. The molecule has 0 N–H and O–H groups in total. The van der Waals surface area contributed by atoms with Crippen LogP contribution in [0.2, 0.25) is 5.02 Å². The molecule has 2 aromatic heterocycles. The number of carbonyl (C=O) groups is 1. The summed E-state index contributed by atoms with van der Waals surface area (Å²) in [6.45, 7) is 4.96. The molecule has 1 fully saturated rings. The van der Waals surface area contributed by atoms with Gasteiger partial charge in [-0.25, -0.2) is 0 Å². The molecule has 1 aliphatic rings. The van der Waals surface area contributed by atoms with Crippen LogP contribution in [-0.4, -0.2) is 56.8 Å². The van der Waals surface area contributed by atoms with Crippen LogP contribution < -0.4 is 4.90 Å². The molecule has 8 heteroatoms. The number of aromatic nitrogens is 4. The van der Waals surface area contributed by atoms with Gasteiger partial charge in [0.25, 0.3) is 0 Å². The molecule has 1 amide bonds. The van der Waals surface area contributed by atoms with Crippen LogP contribution in [-0.2, 0) is 11.2 Å². The van der Waals surface area contributed by atoms with Crippen LogP contribution in [0.3, 0.4) is 0 Å². The summed E-state index contributed by atoms with van der Waals surface area (Å²) in [4.78, 5) is 16.8. The number of benzene rings is 1. The van der Waals surface area contributed by atoms with E-state index in [1.54, 1.807) is 4.52 Å². The van der Waals surface area contributed by atoms with Gasteiger partial charge in [-0.3, -0.25) is 4.79 Å². The number of fused-ring (bicyclic) bond motifs is 1. The predicted molar refractivity (Wildman–Crippen MR) is 104 cm³/mol. The van der Waals surface area contributed by atoms with E-state index in [0.717, 1.165) is 48.9 Å². The maximum atomic E-state index is 12.7. The first-order valence-electron chi connectivity index (χ1n) is 9.06. The van der Waals surface area contributed by atoms with Gasteiger partial charge in [0, 0.05) is 31.2 Å². The van der Waals surface area contributed by atoms with E-state index in [1.807, 2.05) is 48.2 Å². The lowest BCUT2D eigenvalue weighted by Crippen LogP contribution is -2.36. The number of hydrogen-bond acceptors (Lipinski definition) is 5. The molecule has 4 rings (SSSR count). The van der Waals surface area contributed by atoms with Gasteiger partial charge in [-0.2, -0.15) is 4.52 Å². The minimum absolute atomic E-state index is 0.150. The summed E-state index contributed by atoms with van der Waals surface area (Å²) >= 11 is 5.92. The lowest BCUT2D eigenvalue weighted by molar-refractivity contribution is -0.130. The lowest BCUT2D eigenvalue weighted by atomic mass is 10.1. The molecule has 27 heavy (non-hydrogen) atoms. The highest BCUT2D eigenvalue weighted by Gasteiger charge is 2.20. The standard InChI is InChI=1S/C19H21ClN6O/c1-14-21-22-17-7-8-18(23-26(14)17)24-9-2-10-25(12-11-24)19(27)13-15-3-5-16(20)6-4-15/h3-8H,2,9-13H2,1H3. The van der Waals surface area contributed by atoms with Crippen molar-refractivity contribution in [3.63, 3.8) is 0 Å². The van der Waals surface area contributed by atoms with Gasteiger partial charge in [0.1, 0.15) is 5.82 Å². The number of halogens is 1. The molecule has 7 nitrogen and oxygen atoms in total. The quantitative estimate of drug-likeness (QED) is 0.693. The molecule has 0 unspecified atom stereocenters. The first kappa shape index (κ1) is 17.7. The fourth-order valence-electron chi connectivity index (χ4n) is 3.34. The van der Waals surface area contributed by atoms with Crippen molar-refractivity contribution in [1.82, 2.24) is 24.7 Å². The molecule has 1 aliphatic heterocycles. The average Bonchev–Trinajstić information content (AvgIpc) is 2.89. The summed E-state index contributed by atoms with van der Waals surface area (Å²) in [5.74, 6) is 1.80. The highest BCUT2D eigenvalue weighted by Crippen LogP contribution is 2.16. The van der Waals surface area contributed by atoms with Gasteiger partial charge >= 0.3 is 0 Å². The summed E-state index contributed by atoms with van der Waals surface area (Å²) in [5, 5.41) is 13.5. The second-order valence-corrected chi connectivity index (χ2v) is 7.17. The zero-order valence-corrected chi connectivity index (χ0v) is 15.9. The summed E-state index contributed by atoms with van der Waals surface area (Å²) < 4.78 is 1.75. The van der Waals surface area contributed by atoms with Crippen molar-refractivity contribution in [2.24, 2.45) is 0 Å². The predicted octanol–water partition coefficient (Wildman–Crippen LogP) is 2.37. The maximum absolute atomic E-state index is 12.7. The Morgan fingerprint density at radius 3 is 2.67 bits per heavy atom. The Balaban J connectivity index is 1.42. The van der Waals surface area contributed by atoms with Gasteiger partial charge in [-0.15, -0.1) is 15.3 Å². The smallest absolute Gasteiger partial charge is 0.227 e. The lowest BCUT2D eigenvalue weighted by Gasteiger charge is -2.23. The van der Waals surface area contributed by atoms with Crippen LogP contribution in [0.4, 0.5) is 5.82 Å². The molecular formula is C19H21ClN6O. The van der Waals surface area contributed by atoms with Gasteiger partial charge in [-0.05, 0) is 43.2 Å². The zero-order valence-electron chi connectivity index (χ0n) is 15.2. The van der Waals surface area contributed by atoms with E-state index in [1.165, 1.54) is 0 Å². The molecule has 0 bridgehead atoms. The molecule has 3 aromatic rings. The summed E-state index contributed by atoms with van der Waals surface area (Å²) in [6, 6.07) is 11.4. The van der Waals surface area contributed by atoms with E-state index in [2.05, 4.69) is 20.2 Å². The number of hydrogen-bond donors (Lipinski definition) is 0. The molecule has 0 atom stereocenters. The van der Waals surface area contributed by atoms with E-state index in [0.29, 0.717) is 18.0 Å². The van der Waals surface area contributed by atoms with Gasteiger partial charge in [0.05, 0.1) is 6.42 Å². The fourth-order valence-corrected chi connectivity index (χ4v) is 3.47. The zero-order chi connectivity index (χ0) is 18.8. The molecule has 1 aromatic carbocycles. The van der Waals surface area contributed by atoms with E-state index in [4.69, 9.17) is 11.6 Å². The molecule has 0 saturated carbocycles. The van der Waals surface area contributed by atoms with Crippen LogP contribution in [0.15, 0.2) is 36.4 Å². The van der Waals surface area contributed by atoms with E-state index >= 15 is 0 Å². The number of anilines is 1. The van der Waals surface area contributed by atoms with Crippen molar-refractivity contribution in [3.05, 3.63) is 52.8 Å². The van der Waals surface area contributed by atoms with Crippen molar-refractivity contribution in [1.29, 1.82) is 0 Å². The third kappa shape index (κ3) is 3.88. The van der Waals surface area contributed by atoms with Crippen molar-refractivity contribution in [2.45, 2.75) is 19.8 Å². The Kier molecular flexibility index (Phi) is 4.94. The number of rotatable bonds is 3. The fraction of sp³-hybridized carbons (Fsp3) is 0.368. The third-order valence-corrected chi connectivity index (χ3v) is 5.10. The SMILES string of the molecule is Cc1nnc2ccc(N3CCCN(C(=O)Cc4ccc(Cl)cc4)CC3)nn12. The minimum atomic E-state index is 0.150. The largest absolute Gasteiger partial charge is 0.353 e. The number of amides is 1. The average molecular weight is 385 g/mol. The van der Waals surface area contributed by atoms with Crippen molar-refractivity contribution < 1.29 is 4.79 Å². The maximum Gasteiger partial charge on any atom is 0.227 e. The van der Waals surface area contributed by atoms with Gasteiger partial charge < -0.3 is 9.80 Å². The molecule has 3 heterocycles. The van der Waals surface area contributed by atoms with E-state index in [-0.39, 0.29) is 5.91 Å². The number of carbonyl (C=O) groups excluding carboxylic acids is 1. The van der Waals surface area contributed by atoms with E-state index < -0.39 is 0 Å². The van der Waals surface area contributed by atoms with Crippen molar-refractivity contribution in [3.8, 4) is 0 Å². The first-order valence-corrected chi connectivity index (χ1v) is 9.44. The van der Waals surface area contributed by atoms with E-state index in [9.17, 15) is 4.79 Å². The molecular weight excluding hydrogens is 364 g/mol. The normalized spacial score (nSPS) is 15.2. The number of nitrogens with zero attached hydrogens (tertiary/aromatic N) is 6. The van der Waals surface area contributed by atoms with Crippen LogP contribution in [0.1, 0.15) is 17.8 Å². The number of aryl methyl sites for hydroxylation is 1. The Hall–Kier alpha value is -2.67. The Morgan fingerprint density at radius 1 is 1.04 bits per heavy atom. The highest BCUT2D eigenvalue weighted by atomic mass is 35.5. The van der Waals surface area contributed by atoms with Gasteiger partial charge in [0.15, 0.2) is 11.5 Å². The van der Waals surface area contributed by atoms with Crippen LogP contribution in [0.25, 0.3) is 5.65 Å². The van der Waals surface area contributed by atoms with Gasteiger partial charge in [-0.1, -0.05) is 23.7 Å². The second kappa shape index (κ2) is 7.52. The van der Waals surface area contributed by atoms with Crippen LogP contribution in [0.5, 0.6) is 0 Å². The second-order valence-electron chi connectivity index (χ2n) is 6.73. The van der Waals surface area contributed by atoms with Crippen molar-refractivity contribution in [2.75, 3.05) is 31.1 Å². The summed E-state index contributed by atoms with van der Waals surface area (Å²) in [5.41, 5.74) is 1.73. The Bertz CT molecular complexity index is 954. The minimum Gasteiger partial charge on any atom is -0.353 e. The molecule has 0 radical (unpaired) electrons. The first-order chi connectivity index (χ1) is 13.1. The highest BCUT2D eigenvalue weighted by molar-refractivity contribution is 6.30. The molecule has 0 spiro atoms. The monoisotopic (exact) mass is 384 g/mol. The molecule has 0 aliphatic carbocycles. The molecule has 140 valence electrons.